The summed E-state index contributed by atoms with van der Waals surface area (Å²) in [7, 11) is 0. The Kier molecular flexibility index (Phi) is 3.81. The molecule has 0 saturated carbocycles. The Hall–Kier alpha value is -0.981. The van der Waals surface area contributed by atoms with E-state index in [1.807, 2.05) is 24.3 Å². The van der Waals surface area contributed by atoms with Crippen LogP contribution in [0.15, 0.2) is 60.7 Å². The van der Waals surface area contributed by atoms with Crippen molar-refractivity contribution in [2.45, 2.75) is 0 Å². The van der Waals surface area contributed by atoms with Gasteiger partial charge in [0.25, 0.3) is 0 Å². The third kappa shape index (κ3) is 2.96. The second-order valence-electron chi connectivity index (χ2n) is 4.18. The summed E-state index contributed by atoms with van der Waals surface area (Å²) in [6, 6.07) is 20.5. The van der Waals surface area contributed by atoms with Crippen LogP contribution in [-0.2, 0) is 0 Å². The first kappa shape index (κ1) is 13.0. The van der Waals surface area contributed by atoms with Crippen LogP contribution in [0.3, 0.4) is 0 Å². The van der Waals surface area contributed by atoms with Crippen molar-refractivity contribution in [1.82, 2.24) is 0 Å². The van der Waals surface area contributed by atoms with E-state index in [0.29, 0.717) is 14.5 Å². The van der Waals surface area contributed by atoms with Gasteiger partial charge in [0.1, 0.15) is 0 Å². The van der Waals surface area contributed by atoms with Gasteiger partial charge in [-0.1, -0.05) is 0 Å². The Bertz CT molecular complexity index is 622. The predicted octanol–water partition coefficient (Wildman–Crippen LogP) is 5.38. The number of rotatable bonds is 2. The summed E-state index contributed by atoms with van der Waals surface area (Å²) in [5.74, 6) is 0. The van der Waals surface area contributed by atoms with Gasteiger partial charge in [-0.2, -0.15) is 0 Å². The fourth-order valence-electron chi connectivity index (χ4n) is 1.88. The molecule has 0 saturated heterocycles. The first-order valence-electron chi connectivity index (χ1n) is 5.84. The molecule has 19 heavy (non-hydrogen) atoms. The quantitative estimate of drug-likeness (QED) is 0.543. The van der Waals surface area contributed by atoms with Crippen molar-refractivity contribution in [2.75, 3.05) is 0 Å². The van der Waals surface area contributed by atoms with Crippen molar-refractivity contribution in [3.63, 3.8) is 0 Å². The second kappa shape index (κ2) is 5.56. The van der Waals surface area contributed by atoms with Crippen molar-refractivity contribution in [3.05, 3.63) is 70.7 Å². The van der Waals surface area contributed by atoms with E-state index in [9.17, 15) is 0 Å². The zero-order valence-electron chi connectivity index (χ0n) is 9.94. The van der Waals surface area contributed by atoms with Crippen LogP contribution in [0.2, 0.25) is 10.0 Å². The standard InChI is InChI=1S/C16H10Cl2Se/c17-13-5-1-11(2-6-13)15-9-10-16(19-15)12-3-7-14(18)8-4-12/h1-10H. The Labute approximate surface area is 128 Å². The fourth-order valence-corrected chi connectivity index (χ4v) is 4.26. The molecule has 0 unspecified atom stereocenters. The Morgan fingerprint density at radius 3 is 1.26 bits per heavy atom. The molecule has 0 fully saturated rings. The molecular formula is C16H10Cl2Se. The van der Waals surface area contributed by atoms with Gasteiger partial charge in [-0.25, -0.2) is 0 Å². The first-order chi connectivity index (χ1) is 9.22. The Balaban J connectivity index is 1.95. The number of hydrogen-bond acceptors (Lipinski definition) is 0. The van der Waals surface area contributed by atoms with Gasteiger partial charge in [-0.15, -0.1) is 0 Å². The molecule has 2 aromatic carbocycles. The first-order valence-corrected chi connectivity index (χ1v) is 8.31. The van der Waals surface area contributed by atoms with E-state index in [4.69, 9.17) is 23.2 Å². The second-order valence-corrected chi connectivity index (χ2v) is 7.32. The minimum absolute atomic E-state index is 0.335. The van der Waals surface area contributed by atoms with Crippen LogP contribution in [0.25, 0.3) is 20.0 Å². The summed E-state index contributed by atoms with van der Waals surface area (Å²) in [5, 5.41) is 1.56. The molecule has 0 aliphatic carbocycles. The summed E-state index contributed by atoms with van der Waals surface area (Å²) < 4.78 is 2.77. The molecule has 0 aliphatic heterocycles. The number of benzene rings is 2. The van der Waals surface area contributed by atoms with Crippen LogP contribution >= 0.6 is 23.2 Å². The van der Waals surface area contributed by atoms with Crippen molar-refractivity contribution in [2.24, 2.45) is 0 Å². The summed E-state index contributed by atoms with van der Waals surface area (Å²) in [5.41, 5.74) is 2.51. The third-order valence-corrected chi connectivity index (χ3v) is 5.85. The molecule has 0 amide bonds. The molecule has 0 spiro atoms. The van der Waals surface area contributed by atoms with E-state index in [2.05, 4.69) is 36.4 Å². The van der Waals surface area contributed by atoms with Gasteiger partial charge in [-0.3, -0.25) is 0 Å². The SMILES string of the molecule is Clc1ccc(-c2ccc(-c3ccc(Cl)cc3)[se]2)cc1. The van der Waals surface area contributed by atoms with E-state index < -0.39 is 0 Å². The topological polar surface area (TPSA) is 0 Å². The normalized spacial score (nSPS) is 10.6. The maximum absolute atomic E-state index is 5.92. The zero-order valence-corrected chi connectivity index (χ0v) is 13.2. The summed E-state index contributed by atoms with van der Waals surface area (Å²) in [6.07, 6.45) is 0. The average Bonchev–Trinajstić information content (AvgIpc) is 2.90. The third-order valence-electron chi connectivity index (χ3n) is 2.86. The van der Waals surface area contributed by atoms with E-state index in [1.54, 1.807) is 0 Å². The summed E-state index contributed by atoms with van der Waals surface area (Å²) in [4.78, 5) is 0. The molecular weight excluding hydrogens is 342 g/mol. The van der Waals surface area contributed by atoms with Crippen LogP contribution in [-0.4, -0.2) is 14.5 Å². The van der Waals surface area contributed by atoms with Gasteiger partial charge in [0, 0.05) is 0 Å². The van der Waals surface area contributed by atoms with E-state index in [1.165, 1.54) is 20.0 Å². The zero-order chi connectivity index (χ0) is 13.2. The number of hydrogen-bond donors (Lipinski definition) is 0. The van der Waals surface area contributed by atoms with E-state index >= 15 is 0 Å². The van der Waals surface area contributed by atoms with E-state index in [-0.39, 0.29) is 0 Å². The monoisotopic (exact) mass is 352 g/mol. The molecule has 94 valence electrons. The molecule has 3 heteroatoms. The van der Waals surface area contributed by atoms with Crippen LogP contribution in [0.5, 0.6) is 0 Å². The Morgan fingerprint density at radius 2 is 0.895 bits per heavy atom. The van der Waals surface area contributed by atoms with Gasteiger partial charge in [-0.05, 0) is 0 Å². The molecule has 0 N–H and O–H groups in total. The number of halogens is 2. The average molecular weight is 352 g/mol. The molecule has 0 bridgehead atoms. The predicted molar refractivity (Wildman–Crippen MR) is 84.3 cm³/mol. The molecule has 0 atom stereocenters. The van der Waals surface area contributed by atoms with Crippen molar-refractivity contribution < 1.29 is 0 Å². The van der Waals surface area contributed by atoms with Crippen LogP contribution in [0.4, 0.5) is 0 Å². The van der Waals surface area contributed by atoms with Gasteiger partial charge < -0.3 is 0 Å². The summed E-state index contributed by atoms with van der Waals surface area (Å²) >= 11 is 12.2. The molecule has 0 aliphatic rings. The van der Waals surface area contributed by atoms with Crippen molar-refractivity contribution in [1.29, 1.82) is 0 Å². The molecule has 0 radical (unpaired) electrons. The summed E-state index contributed by atoms with van der Waals surface area (Å²) in [6.45, 7) is 0. The fraction of sp³-hybridized carbons (Fsp3) is 0. The molecule has 3 rings (SSSR count). The van der Waals surface area contributed by atoms with Crippen LogP contribution in [0, 0.1) is 0 Å². The molecule has 3 aromatic rings. The van der Waals surface area contributed by atoms with Crippen LogP contribution < -0.4 is 0 Å². The Morgan fingerprint density at radius 1 is 0.526 bits per heavy atom. The van der Waals surface area contributed by atoms with Gasteiger partial charge in [0.05, 0.1) is 0 Å². The maximum atomic E-state index is 5.92. The minimum atomic E-state index is 0.335. The molecule has 1 heterocycles. The van der Waals surface area contributed by atoms with E-state index in [0.717, 1.165) is 10.0 Å². The van der Waals surface area contributed by atoms with Gasteiger partial charge in [0.2, 0.25) is 0 Å². The van der Waals surface area contributed by atoms with Crippen molar-refractivity contribution >= 4 is 37.7 Å². The van der Waals surface area contributed by atoms with Gasteiger partial charge >= 0.3 is 128 Å². The van der Waals surface area contributed by atoms with Gasteiger partial charge in [0.15, 0.2) is 0 Å². The molecule has 0 nitrogen and oxygen atoms in total. The van der Waals surface area contributed by atoms with Crippen LogP contribution in [0.1, 0.15) is 0 Å². The molecule has 1 aromatic heterocycles. The van der Waals surface area contributed by atoms with Crippen molar-refractivity contribution in [3.8, 4) is 20.0 Å².